The summed E-state index contributed by atoms with van der Waals surface area (Å²) < 4.78 is 26.4. The summed E-state index contributed by atoms with van der Waals surface area (Å²) >= 11 is 0. The van der Waals surface area contributed by atoms with Crippen molar-refractivity contribution in [1.82, 2.24) is 19.4 Å². The molecule has 1 saturated carbocycles. The van der Waals surface area contributed by atoms with E-state index in [1.165, 1.54) is 21.6 Å². The number of amides is 1. The first-order chi connectivity index (χ1) is 15.9. The van der Waals surface area contributed by atoms with E-state index >= 15 is 0 Å². The molecule has 9 nitrogen and oxygen atoms in total. The first-order valence-corrected chi connectivity index (χ1v) is 11.1. The van der Waals surface area contributed by atoms with Gasteiger partial charge in [0, 0.05) is 44.7 Å². The van der Waals surface area contributed by atoms with E-state index in [4.69, 9.17) is 9.47 Å². The van der Waals surface area contributed by atoms with Crippen molar-refractivity contribution in [2.75, 3.05) is 37.9 Å². The maximum absolute atomic E-state index is 13.3. The summed E-state index contributed by atoms with van der Waals surface area (Å²) in [5.74, 6) is 0.271. The number of anilines is 3. The molecule has 3 heterocycles. The van der Waals surface area contributed by atoms with Crippen molar-refractivity contribution in [3.05, 3.63) is 42.3 Å². The minimum absolute atomic E-state index is 0.242. The van der Waals surface area contributed by atoms with Crippen molar-refractivity contribution >= 4 is 34.5 Å². The Hall–Kier alpha value is -3.24. The number of nitrogens with zero attached hydrogens (tertiary/aromatic N) is 4. The van der Waals surface area contributed by atoms with Crippen molar-refractivity contribution < 1.29 is 18.7 Å². The summed E-state index contributed by atoms with van der Waals surface area (Å²) in [4.78, 5) is 23.6. The Morgan fingerprint density at radius 2 is 1.88 bits per heavy atom. The van der Waals surface area contributed by atoms with Gasteiger partial charge in [-0.15, -0.1) is 0 Å². The summed E-state index contributed by atoms with van der Waals surface area (Å²) in [6.45, 7) is 1.32. The highest BCUT2D eigenvalue weighted by molar-refractivity contribution is 5.94. The smallest absolute Gasteiger partial charge is 0.331 e. The molecule has 0 atom stereocenters. The number of hydrogen-bond acceptors (Lipinski definition) is 7. The number of carbonyl (C=O) groups excluding carboxylic acids is 1. The number of nitrogens with one attached hydrogen (secondary N) is 2. The lowest BCUT2D eigenvalue weighted by molar-refractivity contribution is -0.177. The van der Waals surface area contributed by atoms with Gasteiger partial charge < -0.3 is 25.0 Å². The predicted octanol–water partition coefficient (Wildman–Crippen LogP) is 3.94. The van der Waals surface area contributed by atoms with Crippen LogP contribution in [0.2, 0.25) is 0 Å². The largest absolute Gasteiger partial charge is 0.367 e. The fourth-order valence-electron chi connectivity index (χ4n) is 4.40. The van der Waals surface area contributed by atoms with Crippen LogP contribution in [0, 0.1) is 5.82 Å². The Morgan fingerprint density at radius 3 is 2.55 bits per heavy atom. The van der Waals surface area contributed by atoms with Gasteiger partial charge in [0.05, 0.1) is 24.9 Å². The van der Waals surface area contributed by atoms with E-state index in [0.717, 1.165) is 25.7 Å². The van der Waals surface area contributed by atoms with Crippen molar-refractivity contribution in [2.45, 2.75) is 37.5 Å². The molecule has 1 aromatic carbocycles. The molecule has 174 valence electrons. The molecule has 2 aliphatic rings. The Labute approximate surface area is 190 Å². The Bertz CT molecular complexity index is 1150. The third kappa shape index (κ3) is 4.36. The van der Waals surface area contributed by atoms with E-state index in [1.54, 1.807) is 32.4 Å². The second kappa shape index (κ2) is 8.60. The molecule has 1 aliphatic heterocycles. The van der Waals surface area contributed by atoms with Gasteiger partial charge in [0.25, 0.3) is 0 Å². The highest BCUT2D eigenvalue weighted by atomic mass is 19.1. The molecule has 2 N–H and O–H groups in total. The second-order valence-corrected chi connectivity index (χ2v) is 8.66. The second-order valence-electron chi connectivity index (χ2n) is 8.66. The molecule has 0 unspecified atom stereocenters. The first-order valence-electron chi connectivity index (χ1n) is 11.1. The number of ether oxygens (including phenoxy) is 2. The molecule has 0 radical (unpaired) electrons. The molecule has 1 spiro atoms. The van der Waals surface area contributed by atoms with Gasteiger partial charge in [0.2, 0.25) is 5.95 Å². The van der Waals surface area contributed by atoms with Crippen LogP contribution in [0.15, 0.2) is 36.5 Å². The third-order valence-electron chi connectivity index (χ3n) is 6.13. The van der Waals surface area contributed by atoms with Crippen molar-refractivity contribution in [3.8, 4) is 0 Å². The average molecular weight is 455 g/mol. The van der Waals surface area contributed by atoms with Crippen molar-refractivity contribution in [2.24, 2.45) is 0 Å². The van der Waals surface area contributed by atoms with Gasteiger partial charge in [-0.3, -0.25) is 0 Å². The van der Waals surface area contributed by atoms with Crippen LogP contribution in [0.3, 0.4) is 0 Å². The Morgan fingerprint density at radius 1 is 1.18 bits per heavy atom. The highest BCUT2D eigenvalue weighted by Crippen LogP contribution is 2.36. The summed E-state index contributed by atoms with van der Waals surface area (Å²) in [5, 5.41) is 6.60. The van der Waals surface area contributed by atoms with E-state index < -0.39 is 5.79 Å². The zero-order chi connectivity index (χ0) is 23.0. The number of hydrogen-bond donors (Lipinski definition) is 2. The van der Waals surface area contributed by atoms with Crippen LogP contribution in [-0.2, 0) is 9.47 Å². The number of imidazole rings is 1. The first kappa shape index (κ1) is 21.6. The van der Waals surface area contributed by atoms with Gasteiger partial charge >= 0.3 is 6.03 Å². The van der Waals surface area contributed by atoms with Crippen LogP contribution in [0.4, 0.5) is 26.6 Å². The van der Waals surface area contributed by atoms with Gasteiger partial charge in [-0.25, -0.2) is 23.7 Å². The van der Waals surface area contributed by atoms with Crippen molar-refractivity contribution in [1.29, 1.82) is 0 Å². The lowest BCUT2D eigenvalue weighted by atomic mass is 9.90. The quantitative estimate of drug-likeness (QED) is 0.617. The molecular weight excluding hydrogens is 427 g/mol. The summed E-state index contributed by atoms with van der Waals surface area (Å²) in [6.07, 6.45) is 5.16. The topological polar surface area (TPSA) is 93.5 Å². The van der Waals surface area contributed by atoms with Crippen LogP contribution in [0.1, 0.15) is 25.7 Å². The van der Waals surface area contributed by atoms with E-state index in [0.29, 0.717) is 41.7 Å². The van der Waals surface area contributed by atoms with Crippen LogP contribution < -0.4 is 10.6 Å². The fraction of sp³-hybridized carbons (Fsp3) is 0.435. The number of pyridine rings is 1. The van der Waals surface area contributed by atoms with Gasteiger partial charge in [-0.2, -0.15) is 0 Å². The molecule has 2 fully saturated rings. The summed E-state index contributed by atoms with van der Waals surface area (Å²) in [6, 6.07) is 7.72. The van der Waals surface area contributed by atoms with Gasteiger partial charge in [-0.1, -0.05) is 0 Å². The van der Waals surface area contributed by atoms with E-state index in [2.05, 4.69) is 20.6 Å². The molecule has 10 heteroatoms. The summed E-state index contributed by atoms with van der Waals surface area (Å²) in [7, 11) is 3.36. The molecule has 0 bridgehead atoms. The predicted molar refractivity (Wildman–Crippen MR) is 122 cm³/mol. The Balaban J connectivity index is 1.41. The molecule has 1 amide bonds. The van der Waals surface area contributed by atoms with Crippen molar-refractivity contribution in [3.63, 3.8) is 0 Å². The van der Waals surface area contributed by atoms with Crippen LogP contribution in [0.5, 0.6) is 0 Å². The minimum Gasteiger partial charge on any atom is -0.367 e. The van der Waals surface area contributed by atoms with Crippen LogP contribution >= 0.6 is 0 Å². The lowest BCUT2D eigenvalue weighted by Crippen LogP contribution is -2.39. The zero-order valence-corrected chi connectivity index (χ0v) is 18.7. The SMILES string of the molecule is CN(C)C(=O)n1c(Nc2ccc(F)cc2)nc2cnc(NC3CCC4(CC3)OCCO4)cc21. The van der Waals surface area contributed by atoms with Crippen LogP contribution in [-0.4, -0.2) is 64.6 Å². The molecule has 1 aliphatic carbocycles. The molecular formula is C23H27FN6O3. The van der Waals surface area contributed by atoms with E-state index in [1.807, 2.05) is 6.07 Å². The number of benzene rings is 1. The fourth-order valence-corrected chi connectivity index (χ4v) is 4.40. The van der Waals surface area contributed by atoms with Crippen LogP contribution in [0.25, 0.3) is 11.0 Å². The standard InChI is InChI=1S/C23H27FN6O3/c1-29(2)22(31)30-19-13-20(26-17-7-9-23(10-8-17)32-11-12-33-23)25-14-18(19)28-21(30)27-16-5-3-15(24)4-6-16/h3-6,13-14,17H,7-12H2,1-2H3,(H,25,26)(H,27,28). The normalized spacial score (nSPS) is 18.0. The zero-order valence-electron chi connectivity index (χ0n) is 18.7. The number of fused-ring (bicyclic) bond motifs is 1. The van der Waals surface area contributed by atoms with Gasteiger partial charge in [-0.05, 0) is 37.1 Å². The minimum atomic E-state index is -0.409. The maximum atomic E-state index is 13.3. The number of halogens is 1. The molecule has 3 aromatic rings. The lowest BCUT2D eigenvalue weighted by Gasteiger charge is -2.35. The molecule has 1 saturated heterocycles. The number of carbonyl (C=O) groups is 1. The highest BCUT2D eigenvalue weighted by Gasteiger charge is 2.40. The molecule has 5 rings (SSSR count). The third-order valence-corrected chi connectivity index (χ3v) is 6.13. The molecule has 2 aromatic heterocycles. The average Bonchev–Trinajstić information content (AvgIpc) is 3.40. The van der Waals surface area contributed by atoms with E-state index in [-0.39, 0.29) is 17.9 Å². The maximum Gasteiger partial charge on any atom is 0.331 e. The van der Waals surface area contributed by atoms with Gasteiger partial charge in [0.1, 0.15) is 17.2 Å². The van der Waals surface area contributed by atoms with E-state index in [9.17, 15) is 9.18 Å². The molecule has 33 heavy (non-hydrogen) atoms. The Kier molecular flexibility index (Phi) is 5.63. The monoisotopic (exact) mass is 454 g/mol. The van der Waals surface area contributed by atoms with Gasteiger partial charge in [0.15, 0.2) is 5.79 Å². The number of aromatic nitrogens is 3. The number of rotatable bonds is 4. The summed E-state index contributed by atoms with van der Waals surface area (Å²) in [5.41, 5.74) is 1.83.